The van der Waals surface area contributed by atoms with Gasteiger partial charge < -0.3 is 5.73 Å². The summed E-state index contributed by atoms with van der Waals surface area (Å²) in [6, 6.07) is 0.212. The standard InChI is InChI=1S/C9H19F2N3/c1-8-6-13(3-2-12)4-5-14(8)7-9(10)11/h8-9H,2-7,12H2,1H3/t8-/m0/s1. The monoisotopic (exact) mass is 207 g/mol. The summed E-state index contributed by atoms with van der Waals surface area (Å²) in [5.74, 6) is 0. The second-order valence-corrected chi connectivity index (χ2v) is 3.82. The molecule has 14 heavy (non-hydrogen) atoms. The van der Waals surface area contributed by atoms with Crippen LogP contribution in [0.5, 0.6) is 0 Å². The highest BCUT2D eigenvalue weighted by atomic mass is 19.3. The molecule has 0 aromatic rings. The zero-order valence-corrected chi connectivity index (χ0v) is 8.63. The Labute approximate surface area is 83.8 Å². The van der Waals surface area contributed by atoms with Gasteiger partial charge in [0.2, 0.25) is 0 Å². The maximum absolute atomic E-state index is 12.2. The molecule has 1 aliphatic heterocycles. The molecule has 5 heteroatoms. The summed E-state index contributed by atoms with van der Waals surface area (Å²) >= 11 is 0. The molecule has 0 radical (unpaired) electrons. The van der Waals surface area contributed by atoms with Gasteiger partial charge in [0.1, 0.15) is 0 Å². The first kappa shape index (κ1) is 11.8. The molecule has 1 saturated heterocycles. The quantitative estimate of drug-likeness (QED) is 0.715. The van der Waals surface area contributed by atoms with Crippen molar-refractivity contribution in [2.45, 2.75) is 19.4 Å². The highest BCUT2D eigenvalue weighted by Crippen LogP contribution is 2.10. The van der Waals surface area contributed by atoms with E-state index in [1.54, 1.807) is 0 Å². The molecular formula is C9H19F2N3. The SMILES string of the molecule is C[C@H]1CN(CCN)CCN1CC(F)F. The molecule has 1 rings (SSSR count). The van der Waals surface area contributed by atoms with E-state index in [1.165, 1.54) is 0 Å². The van der Waals surface area contributed by atoms with Gasteiger partial charge in [-0.1, -0.05) is 0 Å². The van der Waals surface area contributed by atoms with Crippen molar-refractivity contribution >= 4 is 0 Å². The number of piperazine rings is 1. The topological polar surface area (TPSA) is 32.5 Å². The van der Waals surface area contributed by atoms with E-state index in [4.69, 9.17) is 5.73 Å². The number of nitrogens with zero attached hydrogens (tertiary/aromatic N) is 2. The van der Waals surface area contributed by atoms with Gasteiger partial charge in [0.15, 0.2) is 0 Å². The van der Waals surface area contributed by atoms with E-state index < -0.39 is 6.43 Å². The zero-order chi connectivity index (χ0) is 10.6. The van der Waals surface area contributed by atoms with Crippen LogP contribution >= 0.6 is 0 Å². The largest absolute Gasteiger partial charge is 0.329 e. The van der Waals surface area contributed by atoms with Crippen LogP contribution < -0.4 is 5.73 Å². The first-order valence-electron chi connectivity index (χ1n) is 5.08. The average Bonchev–Trinajstić information content (AvgIpc) is 2.10. The minimum Gasteiger partial charge on any atom is -0.329 e. The molecule has 84 valence electrons. The van der Waals surface area contributed by atoms with Crippen molar-refractivity contribution in [2.75, 3.05) is 39.3 Å². The second kappa shape index (κ2) is 5.58. The van der Waals surface area contributed by atoms with Crippen molar-refractivity contribution in [2.24, 2.45) is 5.73 Å². The lowest BCUT2D eigenvalue weighted by Crippen LogP contribution is -2.53. The second-order valence-electron chi connectivity index (χ2n) is 3.82. The molecule has 0 amide bonds. The van der Waals surface area contributed by atoms with Gasteiger partial charge in [0, 0.05) is 38.8 Å². The van der Waals surface area contributed by atoms with Gasteiger partial charge >= 0.3 is 0 Å². The Morgan fingerprint density at radius 1 is 1.43 bits per heavy atom. The fourth-order valence-electron chi connectivity index (χ4n) is 1.90. The highest BCUT2D eigenvalue weighted by molar-refractivity contribution is 4.79. The summed E-state index contributed by atoms with van der Waals surface area (Å²) in [7, 11) is 0. The minimum absolute atomic E-state index is 0.0996. The smallest absolute Gasteiger partial charge is 0.251 e. The number of rotatable bonds is 4. The predicted octanol–water partition coefficient (Wildman–Crippen LogP) is 0.216. The molecule has 0 unspecified atom stereocenters. The van der Waals surface area contributed by atoms with E-state index in [0.717, 1.165) is 26.2 Å². The van der Waals surface area contributed by atoms with Crippen LogP contribution in [0, 0.1) is 0 Å². The lowest BCUT2D eigenvalue weighted by molar-refractivity contribution is 0.0274. The summed E-state index contributed by atoms with van der Waals surface area (Å²) in [6.45, 7) is 5.83. The van der Waals surface area contributed by atoms with Crippen molar-refractivity contribution < 1.29 is 8.78 Å². The van der Waals surface area contributed by atoms with Crippen LogP contribution in [0.4, 0.5) is 8.78 Å². The predicted molar refractivity (Wildman–Crippen MR) is 52.5 cm³/mol. The number of halogens is 2. The van der Waals surface area contributed by atoms with Crippen molar-refractivity contribution in [1.82, 2.24) is 9.80 Å². The van der Waals surface area contributed by atoms with E-state index >= 15 is 0 Å². The van der Waals surface area contributed by atoms with Gasteiger partial charge in [0.05, 0.1) is 6.54 Å². The van der Waals surface area contributed by atoms with Gasteiger partial charge in [-0.2, -0.15) is 0 Å². The fourth-order valence-corrected chi connectivity index (χ4v) is 1.90. The average molecular weight is 207 g/mol. The highest BCUT2D eigenvalue weighted by Gasteiger charge is 2.24. The summed E-state index contributed by atoms with van der Waals surface area (Å²) < 4.78 is 24.3. The normalized spacial score (nSPS) is 25.9. The van der Waals surface area contributed by atoms with E-state index in [9.17, 15) is 8.78 Å². The Hall–Kier alpha value is -0.260. The van der Waals surface area contributed by atoms with E-state index in [1.807, 2.05) is 11.8 Å². The van der Waals surface area contributed by atoms with Gasteiger partial charge in [-0.15, -0.1) is 0 Å². The maximum atomic E-state index is 12.2. The Bertz CT molecular complexity index is 166. The fraction of sp³-hybridized carbons (Fsp3) is 1.00. The van der Waals surface area contributed by atoms with Crippen LogP contribution in [-0.2, 0) is 0 Å². The third kappa shape index (κ3) is 3.48. The summed E-state index contributed by atoms with van der Waals surface area (Å²) in [5, 5.41) is 0. The molecule has 0 aromatic heterocycles. The van der Waals surface area contributed by atoms with Crippen LogP contribution in [0.3, 0.4) is 0 Å². The molecular weight excluding hydrogens is 188 g/mol. The first-order chi connectivity index (χ1) is 6.63. The lowest BCUT2D eigenvalue weighted by atomic mass is 10.2. The minimum atomic E-state index is -2.22. The van der Waals surface area contributed by atoms with Crippen molar-refractivity contribution in [3.63, 3.8) is 0 Å². The lowest BCUT2D eigenvalue weighted by Gasteiger charge is -2.39. The van der Waals surface area contributed by atoms with Crippen molar-refractivity contribution in [3.8, 4) is 0 Å². The molecule has 0 aliphatic carbocycles. The molecule has 2 N–H and O–H groups in total. The van der Waals surface area contributed by atoms with Crippen LogP contribution in [0.25, 0.3) is 0 Å². The Kier molecular flexibility index (Phi) is 4.71. The summed E-state index contributed by atoms with van der Waals surface area (Å²) in [6.07, 6.45) is -2.22. The van der Waals surface area contributed by atoms with Gasteiger partial charge in [-0.25, -0.2) is 8.78 Å². The molecule has 1 atom stereocenters. The molecule has 0 bridgehead atoms. The summed E-state index contributed by atoms with van der Waals surface area (Å²) in [5.41, 5.74) is 5.44. The Balaban J connectivity index is 2.32. The molecule has 1 heterocycles. The maximum Gasteiger partial charge on any atom is 0.251 e. The van der Waals surface area contributed by atoms with Crippen LogP contribution in [-0.4, -0.2) is 61.5 Å². The number of hydrogen-bond acceptors (Lipinski definition) is 3. The molecule has 0 aromatic carbocycles. The number of hydrogen-bond donors (Lipinski definition) is 1. The number of nitrogens with two attached hydrogens (primary N) is 1. The molecule has 3 nitrogen and oxygen atoms in total. The summed E-state index contributed by atoms with van der Waals surface area (Å²) in [4.78, 5) is 4.07. The molecule has 0 spiro atoms. The van der Waals surface area contributed by atoms with Gasteiger partial charge in [-0.3, -0.25) is 9.80 Å². The molecule has 1 aliphatic rings. The van der Waals surface area contributed by atoms with E-state index in [2.05, 4.69) is 4.90 Å². The van der Waals surface area contributed by atoms with Crippen LogP contribution in [0.1, 0.15) is 6.92 Å². The third-order valence-corrected chi connectivity index (χ3v) is 2.67. The van der Waals surface area contributed by atoms with Gasteiger partial charge in [0.25, 0.3) is 6.43 Å². The van der Waals surface area contributed by atoms with Crippen molar-refractivity contribution in [1.29, 1.82) is 0 Å². The van der Waals surface area contributed by atoms with Crippen LogP contribution in [0.15, 0.2) is 0 Å². The Morgan fingerprint density at radius 2 is 2.14 bits per heavy atom. The molecule has 0 saturated carbocycles. The third-order valence-electron chi connectivity index (χ3n) is 2.67. The molecule has 1 fully saturated rings. The van der Waals surface area contributed by atoms with E-state index in [0.29, 0.717) is 6.54 Å². The van der Waals surface area contributed by atoms with Crippen LogP contribution in [0.2, 0.25) is 0 Å². The van der Waals surface area contributed by atoms with E-state index in [-0.39, 0.29) is 12.6 Å². The van der Waals surface area contributed by atoms with Gasteiger partial charge in [-0.05, 0) is 6.92 Å². The first-order valence-corrected chi connectivity index (χ1v) is 5.08. The van der Waals surface area contributed by atoms with Crippen molar-refractivity contribution in [3.05, 3.63) is 0 Å². The number of alkyl halides is 2. The Morgan fingerprint density at radius 3 is 2.64 bits per heavy atom. The zero-order valence-electron chi connectivity index (χ0n) is 8.63.